The predicted molar refractivity (Wildman–Crippen MR) is 67.1 cm³/mol. The molecule has 0 spiro atoms. The van der Waals surface area contributed by atoms with Crippen molar-refractivity contribution in [2.75, 3.05) is 6.61 Å². The van der Waals surface area contributed by atoms with E-state index in [0.717, 1.165) is 35.2 Å². The lowest BCUT2D eigenvalue weighted by Crippen LogP contribution is -2.08. The number of halogens is 1. The quantitative estimate of drug-likeness (QED) is 0.830. The topological polar surface area (TPSA) is 35.2 Å². The van der Waals surface area contributed by atoms with Gasteiger partial charge >= 0.3 is 0 Å². The predicted octanol–water partition coefficient (Wildman–Crippen LogP) is 3.65. The first-order valence-corrected chi connectivity index (χ1v) is 6.12. The molecule has 84 valence electrons. The van der Waals surface area contributed by atoms with E-state index >= 15 is 0 Å². The fourth-order valence-corrected chi connectivity index (χ4v) is 1.71. The van der Waals surface area contributed by atoms with Crippen molar-refractivity contribution in [3.8, 4) is 5.75 Å². The Morgan fingerprint density at radius 3 is 2.80 bits per heavy atom. The van der Waals surface area contributed by atoms with Crippen molar-refractivity contribution in [2.24, 2.45) is 5.73 Å². The van der Waals surface area contributed by atoms with Gasteiger partial charge in [-0.15, -0.1) is 0 Å². The van der Waals surface area contributed by atoms with Crippen LogP contribution in [0.3, 0.4) is 0 Å². The maximum absolute atomic E-state index is 5.89. The number of benzene rings is 1. The molecule has 1 atom stereocenters. The molecule has 2 N–H and O–H groups in total. The molecular weight excluding hydrogens is 254 g/mol. The first-order chi connectivity index (χ1) is 7.15. The minimum absolute atomic E-state index is 0.000809. The summed E-state index contributed by atoms with van der Waals surface area (Å²) in [6.07, 6.45) is 2.22. The molecule has 0 saturated heterocycles. The third-order valence-electron chi connectivity index (χ3n) is 2.22. The van der Waals surface area contributed by atoms with Gasteiger partial charge in [-0.05, 0) is 31.5 Å². The van der Waals surface area contributed by atoms with E-state index in [1.807, 2.05) is 25.1 Å². The summed E-state index contributed by atoms with van der Waals surface area (Å²) in [7, 11) is 0. The maximum Gasteiger partial charge on any atom is 0.124 e. The van der Waals surface area contributed by atoms with Crippen LogP contribution >= 0.6 is 15.9 Å². The molecule has 1 rings (SSSR count). The molecule has 0 saturated carbocycles. The highest BCUT2D eigenvalue weighted by Gasteiger charge is 2.08. The largest absolute Gasteiger partial charge is 0.493 e. The second-order valence-electron chi connectivity index (χ2n) is 3.67. The summed E-state index contributed by atoms with van der Waals surface area (Å²) in [5.74, 6) is 0.904. The third kappa shape index (κ3) is 3.84. The third-order valence-corrected chi connectivity index (χ3v) is 2.71. The van der Waals surface area contributed by atoms with E-state index in [9.17, 15) is 0 Å². The zero-order chi connectivity index (χ0) is 11.3. The minimum Gasteiger partial charge on any atom is -0.493 e. The second-order valence-corrected chi connectivity index (χ2v) is 4.59. The van der Waals surface area contributed by atoms with E-state index in [2.05, 4.69) is 22.9 Å². The fraction of sp³-hybridized carbons (Fsp3) is 0.500. The zero-order valence-electron chi connectivity index (χ0n) is 9.29. The Bertz CT molecular complexity index is 312. The van der Waals surface area contributed by atoms with E-state index in [-0.39, 0.29) is 6.04 Å². The van der Waals surface area contributed by atoms with Crippen LogP contribution in [0.25, 0.3) is 0 Å². The first kappa shape index (κ1) is 12.5. The van der Waals surface area contributed by atoms with Crippen molar-refractivity contribution in [1.82, 2.24) is 0 Å². The van der Waals surface area contributed by atoms with Gasteiger partial charge in [-0.25, -0.2) is 0 Å². The van der Waals surface area contributed by atoms with E-state index < -0.39 is 0 Å². The SMILES string of the molecule is CCCCOc1ccc(Br)cc1C(C)N. The summed E-state index contributed by atoms with van der Waals surface area (Å²) < 4.78 is 6.73. The Morgan fingerprint density at radius 2 is 2.20 bits per heavy atom. The van der Waals surface area contributed by atoms with Crippen LogP contribution in [0.15, 0.2) is 22.7 Å². The Kier molecular flexibility index (Phi) is 5.12. The fourth-order valence-electron chi connectivity index (χ4n) is 1.33. The van der Waals surface area contributed by atoms with E-state index in [4.69, 9.17) is 10.5 Å². The van der Waals surface area contributed by atoms with Crippen molar-refractivity contribution in [3.63, 3.8) is 0 Å². The first-order valence-electron chi connectivity index (χ1n) is 5.33. The highest BCUT2D eigenvalue weighted by molar-refractivity contribution is 9.10. The summed E-state index contributed by atoms with van der Waals surface area (Å²) in [5, 5.41) is 0. The Labute approximate surface area is 99.9 Å². The van der Waals surface area contributed by atoms with E-state index in [0.29, 0.717) is 0 Å². The van der Waals surface area contributed by atoms with Gasteiger partial charge in [-0.3, -0.25) is 0 Å². The van der Waals surface area contributed by atoms with Crippen molar-refractivity contribution in [2.45, 2.75) is 32.7 Å². The standard InChI is InChI=1S/C12H18BrNO/c1-3-4-7-15-12-6-5-10(13)8-11(12)9(2)14/h5-6,8-9H,3-4,7,14H2,1-2H3. The normalized spacial score (nSPS) is 12.5. The van der Waals surface area contributed by atoms with Gasteiger partial charge in [0, 0.05) is 16.1 Å². The summed E-state index contributed by atoms with van der Waals surface area (Å²) in [6.45, 7) is 4.88. The molecule has 0 fully saturated rings. The molecule has 0 aromatic heterocycles. The number of hydrogen-bond acceptors (Lipinski definition) is 2. The molecule has 2 nitrogen and oxygen atoms in total. The molecule has 1 aromatic carbocycles. The number of ether oxygens (including phenoxy) is 1. The van der Waals surface area contributed by atoms with E-state index in [1.54, 1.807) is 0 Å². The molecule has 0 radical (unpaired) electrons. The Morgan fingerprint density at radius 1 is 1.47 bits per heavy atom. The molecule has 0 aliphatic heterocycles. The lowest BCUT2D eigenvalue weighted by Gasteiger charge is -2.14. The molecule has 0 amide bonds. The van der Waals surface area contributed by atoms with Crippen molar-refractivity contribution in [3.05, 3.63) is 28.2 Å². The Hall–Kier alpha value is -0.540. The second kappa shape index (κ2) is 6.13. The molecule has 0 heterocycles. The van der Waals surface area contributed by atoms with Crippen LogP contribution in [-0.2, 0) is 0 Å². The van der Waals surface area contributed by atoms with Gasteiger partial charge in [0.1, 0.15) is 5.75 Å². The highest BCUT2D eigenvalue weighted by Crippen LogP contribution is 2.27. The van der Waals surface area contributed by atoms with Gasteiger partial charge in [0.25, 0.3) is 0 Å². The lowest BCUT2D eigenvalue weighted by atomic mass is 10.1. The molecule has 3 heteroatoms. The van der Waals surface area contributed by atoms with Crippen LogP contribution < -0.4 is 10.5 Å². The summed E-state index contributed by atoms with van der Waals surface area (Å²) in [4.78, 5) is 0. The smallest absolute Gasteiger partial charge is 0.124 e. The van der Waals surface area contributed by atoms with Crippen LogP contribution in [0.4, 0.5) is 0 Å². The molecule has 1 aromatic rings. The molecule has 1 unspecified atom stereocenters. The highest BCUT2D eigenvalue weighted by atomic mass is 79.9. The lowest BCUT2D eigenvalue weighted by molar-refractivity contribution is 0.305. The molecular formula is C12H18BrNO. The van der Waals surface area contributed by atoms with Crippen LogP contribution in [-0.4, -0.2) is 6.61 Å². The van der Waals surface area contributed by atoms with Gasteiger partial charge in [-0.1, -0.05) is 29.3 Å². The number of nitrogens with two attached hydrogens (primary N) is 1. The molecule has 0 aliphatic carbocycles. The van der Waals surface area contributed by atoms with Crippen LogP contribution in [0, 0.1) is 0 Å². The van der Waals surface area contributed by atoms with Crippen LogP contribution in [0.2, 0.25) is 0 Å². The zero-order valence-corrected chi connectivity index (χ0v) is 10.9. The van der Waals surface area contributed by atoms with E-state index in [1.165, 1.54) is 0 Å². The van der Waals surface area contributed by atoms with Gasteiger partial charge in [0.05, 0.1) is 6.61 Å². The molecule has 0 bridgehead atoms. The maximum atomic E-state index is 5.89. The Balaban J connectivity index is 2.77. The van der Waals surface area contributed by atoms with Crippen molar-refractivity contribution < 1.29 is 4.74 Å². The number of hydrogen-bond donors (Lipinski definition) is 1. The van der Waals surface area contributed by atoms with Gasteiger partial charge in [0.15, 0.2) is 0 Å². The summed E-state index contributed by atoms with van der Waals surface area (Å²) in [6, 6.07) is 5.97. The summed E-state index contributed by atoms with van der Waals surface area (Å²) in [5.41, 5.74) is 6.94. The average molecular weight is 272 g/mol. The van der Waals surface area contributed by atoms with Gasteiger partial charge < -0.3 is 10.5 Å². The van der Waals surface area contributed by atoms with Crippen LogP contribution in [0.1, 0.15) is 38.3 Å². The minimum atomic E-state index is -0.000809. The summed E-state index contributed by atoms with van der Waals surface area (Å²) >= 11 is 3.44. The van der Waals surface area contributed by atoms with Crippen molar-refractivity contribution >= 4 is 15.9 Å². The molecule has 0 aliphatic rings. The van der Waals surface area contributed by atoms with Gasteiger partial charge in [0.2, 0.25) is 0 Å². The van der Waals surface area contributed by atoms with Crippen LogP contribution in [0.5, 0.6) is 5.75 Å². The number of rotatable bonds is 5. The molecule has 15 heavy (non-hydrogen) atoms. The monoisotopic (exact) mass is 271 g/mol. The average Bonchev–Trinajstić information content (AvgIpc) is 2.20. The number of unbranched alkanes of at least 4 members (excludes halogenated alkanes) is 1. The van der Waals surface area contributed by atoms with Gasteiger partial charge in [-0.2, -0.15) is 0 Å². The van der Waals surface area contributed by atoms with Crippen molar-refractivity contribution in [1.29, 1.82) is 0 Å².